The first-order chi connectivity index (χ1) is 5.68. The molecule has 2 nitrogen and oxygen atoms in total. The van der Waals surface area contributed by atoms with Crippen LogP contribution in [0.5, 0.6) is 0 Å². The first-order valence-electron chi connectivity index (χ1n) is 3.46. The average molecular weight is 247 g/mol. The summed E-state index contributed by atoms with van der Waals surface area (Å²) in [6, 6.07) is 3.59. The van der Waals surface area contributed by atoms with Crippen LogP contribution in [0.25, 0.3) is 0 Å². The second-order valence-corrected chi connectivity index (χ2v) is 3.89. The van der Waals surface area contributed by atoms with E-state index in [-0.39, 0.29) is 0 Å². The standard InChI is InChI=1S/C7H5BBrClO2/c9-6-2-5-4(1-7(6)10)3-12-8(5)11/h1-2,11H,3H2. The largest absolute Gasteiger partial charge is 0.491 e. The van der Waals surface area contributed by atoms with Crippen molar-refractivity contribution in [3.8, 4) is 0 Å². The zero-order valence-corrected chi connectivity index (χ0v) is 8.39. The van der Waals surface area contributed by atoms with E-state index in [4.69, 9.17) is 16.3 Å². The molecule has 1 N–H and O–H groups in total. The van der Waals surface area contributed by atoms with Crippen molar-refractivity contribution in [3.63, 3.8) is 0 Å². The molecule has 0 atom stereocenters. The fourth-order valence-corrected chi connectivity index (χ4v) is 1.76. The predicted octanol–water partition coefficient (Wildman–Crippen LogP) is 1.32. The molecular weight excluding hydrogens is 242 g/mol. The molecule has 1 aromatic carbocycles. The molecule has 0 saturated carbocycles. The molecular formula is C7H5BBrClO2. The minimum Gasteiger partial charge on any atom is -0.423 e. The number of rotatable bonds is 0. The topological polar surface area (TPSA) is 29.5 Å². The Labute approximate surface area is 83.8 Å². The third-order valence-corrected chi connectivity index (χ3v) is 3.04. The van der Waals surface area contributed by atoms with Crippen LogP contribution in [0.3, 0.4) is 0 Å². The van der Waals surface area contributed by atoms with Gasteiger partial charge in [-0.3, -0.25) is 0 Å². The van der Waals surface area contributed by atoms with Gasteiger partial charge in [-0.25, -0.2) is 0 Å². The molecule has 12 heavy (non-hydrogen) atoms. The van der Waals surface area contributed by atoms with E-state index in [1.54, 1.807) is 12.1 Å². The molecule has 0 fully saturated rings. The average Bonchev–Trinajstić information content (AvgIpc) is 2.35. The Morgan fingerprint density at radius 1 is 1.58 bits per heavy atom. The molecule has 0 radical (unpaired) electrons. The van der Waals surface area contributed by atoms with Gasteiger partial charge < -0.3 is 9.68 Å². The molecule has 0 aliphatic carbocycles. The van der Waals surface area contributed by atoms with E-state index in [0.717, 1.165) is 15.5 Å². The Balaban J connectivity index is 2.56. The van der Waals surface area contributed by atoms with E-state index >= 15 is 0 Å². The van der Waals surface area contributed by atoms with Crippen LogP contribution in [0.2, 0.25) is 5.02 Å². The second kappa shape index (κ2) is 3.03. The summed E-state index contributed by atoms with van der Waals surface area (Å²) in [5.41, 5.74) is 1.75. The lowest BCUT2D eigenvalue weighted by Crippen LogP contribution is -2.27. The van der Waals surface area contributed by atoms with E-state index in [9.17, 15) is 5.02 Å². The molecule has 1 aromatic rings. The normalized spacial score (nSPS) is 15.1. The van der Waals surface area contributed by atoms with Crippen molar-refractivity contribution in [3.05, 3.63) is 27.2 Å². The Hall–Kier alpha value is -0.0251. The first kappa shape index (κ1) is 8.57. The molecule has 2 rings (SSSR count). The number of fused-ring (bicyclic) bond motifs is 1. The molecule has 0 unspecified atom stereocenters. The Morgan fingerprint density at radius 3 is 3.08 bits per heavy atom. The van der Waals surface area contributed by atoms with Gasteiger partial charge in [0.2, 0.25) is 0 Å². The molecule has 1 heterocycles. The first-order valence-corrected chi connectivity index (χ1v) is 4.63. The van der Waals surface area contributed by atoms with Crippen molar-refractivity contribution in [2.24, 2.45) is 0 Å². The Morgan fingerprint density at radius 2 is 2.33 bits per heavy atom. The van der Waals surface area contributed by atoms with Crippen LogP contribution in [0.1, 0.15) is 5.56 Å². The third-order valence-electron chi connectivity index (χ3n) is 1.84. The Bertz CT molecular complexity index is 331. The maximum atomic E-state index is 9.31. The highest BCUT2D eigenvalue weighted by molar-refractivity contribution is 9.10. The number of halogens is 2. The van der Waals surface area contributed by atoms with Gasteiger partial charge in [-0.05, 0) is 39.1 Å². The summed E-state index contributed by atoms with van der Waals surface area (Å²) in [5, 5.41) is 9.96. The number of hydrogen-bond donors (Lipinski definition) is 1. The fourth-order valence-electron chi connectivity index (χ4n) is 1.22. The number of hydrogen-bond acceptors (Lipinski definition) is 2. The SMILES string of the molecule is OB1OCc2cc(Cl)c(Br)cc21. The summed E-state index contributed by atoms with van der Waals surface area (Å²) in [6.45, 7) is 0.434. The zero-order valence-electron chi connectivity index (χ0n) is 6.05. The van der Waals surface area contributed by atoms with Crippen molar-refractivity contribution >= 4 is 40.1 Å². The van der Waals surface area contributed by atoms with E-state index in [0.29, 0.717) is 11.6 Å². The van der Waals surface area contributed by atoms with Crippen LogP contribution in [0, 0.1) is 0 Å². The second-order valence-electron chi connectivity index (χ2n) is 2.63. The highest BCUT2D eigenvalue weighted by atomic mass is 79.9. The van der Waals surface area contributed by atoms with Gasteiger partial charge in [0.15, 0.2) is 0 Å². The summed E-state index contributed by atoms with van der Waals surface area (Å²) in [6.07, 6.45) is 0. The van der Waals surface area contributed by atoms with Crippen molar-refractivity contribution < 1.29 is 9.68 Å². The molecule has 5 heteroatoms. The van der Waals surface area contributed by atoms with E-state index in [1.807, 2.05) is 0 Å². The van der Waals surface area contributed by atoms with Gasteiger partial charge in [0, 0.05) is 4.47 Å². The quantitative estimate of drug-likeness (QED) is 0.701. The van der Waals surface area contributed by atoms with Crippen LogP contribution < -0.4 is 5.46 Å². The van der Waals surface area contributed by atoms with Gasteiger partial charge in [-0.2, -0.15) is 0 Å². The summed E-state index contributed by atoms with van der Waals surface area (Å²) >= 11 is 9.13. The van der Waals surface area contributed by atoms with Crippen LogP contribution >= 0.6 is 27.5 Å². The molecule has 62 valence electrons. The van der Waals surface area contributed by atoms with E-state index < -0.39 is 7.12 Å². The third kappa shape index (κ3) is 1.29. The maximum Gasteiger partial charge on any atom is 0.491 e. The smallest absolute Gasteiger partial charge is 0.423 e. The molecule has 0 spiro atoms. The Kier molecular flexibility index (Phi) is 2.17. The van der Waals surface area contributed by atoms with Gasteiger partial charge in [0.05, 0.1) is 11.6 Å². The minimum atomic E-state index is -0.798. The molecule has 0 aromatic heterocycles. The molecule has 0 saturated heterocycles. The number of benzene rings is 1. The van der Waals surface area contributed by atoms with Crippen LogP contribution in [0.4, 0.5) is 0 Å². The zero-order chi connectivity index (χ0) is 8.72. The van der Waals surface area contributed by atoms with Gasteiger partial charge in [0.25, 0.3) is 0 Å². The minimum absolute atomic E-state index is 0.434. The maximum absolute atomic E-state index is 9.31. The van der Waals surface area contributed by atoms with Gasteiger partial charge >= 0.3 is 7.12 Å². The monoisotopic (exact) mass is 246 g/mol. The summed E-state index contributed by atoms with van der Waals surface area (Å²) < 4.78 is 5.79. The van der Waals surface area contributed by atoms with Gasteiger partial charge in [-0.15, -0.1) is 0 Å². The predicted molar refractivity (Wildman–Crippen MR) is 51.5 cm³/mol. The van der Waals surface area contributed by atoms with Crippen LogP contribution in [-0.4, -0.2) is 12.1 Å². The lowest BCUT2D eigenvalue weighted by Gasteiger charge is -2.00. The molecule has 1 aliphatic rings. The fraction of sp³-hybridized carbons (Fsp3) is 0.143. The van der Waals surface area contributed by atoms with Crippen LogP contribution in [-0.2, 0) is 11.3 Å². The van der Waals surface area contributed by atoms with Crippen molar-refractivity contribution in [1.29, 1.82) is 0 Å². The van der Waals surface area contributed by atoms with E-state index in [1.165, 1.54) is 0 Å². The van der Waals surface area contributed by atoms with Gasteiger partial charge in [-0.1, -0.05) is 11.6 Å². The highest BCUT2D eigenvalue weighted by Crippen LogP contribution is 2.24. The van der Waals surface area contributed by atoms with Crippen LogP contribution in [0.15, 0.2) is 16.6 Å². The van der Waals surface area contributed by atoms with E-state index in [2.05, 4.69) is 15.9 Å². The summed E-state index contributed by atoms with van der Waals surface area (Å²) in [4.78, 5) is 0. The van der Waals surface area contributed by atoms with Crippen molar-refractivity contribution in [2.45, 2.75) is 6.61 Å². The van der Waals surface area contributed by atoms with Crippen molar-refractivity contribution in [2.75, 3.05) is 0 Å². The highest BCUT2D eigenvalue weighted by Gasteiger charge is 2.27. The van der Waals surface area contributed by atoms with Crippen molar-refractivity contribution in [1.82, 2.24) is 0 Å². The summed E-state index contributed by atoms with van der Waals surface area (Å²) in [5.74, 6) is 0. The molecule has 1 aliphatic heterocycles. The molecule has 0 amide bonds. The lowest BCUT2D eigenvalue weighted by atomic mass is 9.80. The lowest BCUT2D eigenvalue weighted by molar-refractivity contribution is 0.275. The summed E-state index contributed by atoms with van der Waals surface area (Å²) in [7, 11) is -0.798. The van der Waals surface area contributed by atoms with Gasteiger partial charge in [0.1, 0.15) is 0 Å². The molecule has 0 bridgehead atoms.